The Morgan fingerprint density at radius 3 is 2.33 bits per heavy atom. The maximum atomic E-state index is 12.5. The van der Waals surface area contributed by atoms with E-state index in [9.17, 15) is 14.9 Å². The minimum absolute atomic E-state index is 0.0121. The first-order chi connectivity index (χ1) is 20.8. The molecule has 3 aromatic carbocycles. The number of nitriles is 1. The molecule has 43 heavy (non-hydrogen) atoms. The monoisotopic (exact) mass is 599 g/mol. The Morgan fingerprint density at radius 2 is 1.70 bits per heavy atom. The van der Waals surface area contributed by atoms with Crippen LogP contribution in [-0.4, -0.2) is 36.0 Å². The Bertz CT molecular complexity index is 1430. The highest BCUT2D eigenvalue weighted by Gasteiger charge is 2.20. The van der Waals surface area contributed by atoms with Crippen LogP contribution < -0.4 is 15.5 Å². The fourth-order valence-electron chi connectivity index (χ4n) is 5.33. The highest BCUT2D eigenvalue weighted by Crippen LogP contribution is 2.33. The number of halogens is 1. The summed E-state index contributed by atoms with van der Waals surface area (Å²) in [6.07, 6.45) is 6.14. The van der Waals surface area contributed by atoms with Crippen molar-refractivity contribution in [1.29, 1.82) is 5.26 Å². The molecule has 1 aliphatic carbocycles. The Kier molecular flexibility index (Phi) is 11.6. The molecule has 0 aromatic heterocycles. The van der Waals surface area contributed by atoms with Gasteiger partial charge in [-0.05, 0) is 78.8 Å². The smallest absolute Gasteiger partial charge is 0.305 e. The number of carbonyl (C=O) groups is 2. The first-order valence-electron chi connectivity index (χ1n) is 14.7. The van der Waals surface area contributed by atoms with E-state index in [4.69, 9.17) is 16.7 Å². The summed E-state index contributed by atoms with van der Waals surface area (Å²) in [7, 11) is 0. The first kappa shape index (κ1) is 31.6. The van der Waals surface area contributed by atoms with E-state index < -0.39 is 5.97 Å². The molecular weight excluding hydrogens is 562 g/mol. The highest BCUT2D eigenvalue weighted by molar-refractivity contribution is 6.30. The zero-order valence-electron chi connectivity index (χ0n) is 24.4. The highest BCUT2D eigenvalue weighted by atomic mass is 35.5. The van der Waals surface area contributed by atoms with Crippen LogP contribution >= 0.6 is 11.6 Å². The van der Waals surface area contributed by atoms with Gasteiger partial charge in [-0.3, -0.25) is 9.59 Å². The number of benzene rings is 3. The third-order valence-corrected chi connectivity index (χ3v) is 7.99. The molecule has 224 valence electrons. The van der Waals surface area contributed by atoms with E-state index in [2.05, 4.69) is 50.9 Å². The number of nitrogens with zero attached hydrogens (tertiary/aromatic N) is 3. The first-order valence-corrected chi connectivity index (χ1v) is 15.1. The van der Waals surface area contributed by atoms with E-state index in [0.717, 1.165) is 16.8 Å². The standard InChI is InChI=1S/C34H38ClN5O3/c1-24(26-11-15-30(35)16-12-26)39-34(38-22-20-36)40(31-17-13-28(14-18-31)27-5-3-2-4-6-27)23-25-7-9-29(10-8-25)33(43)37-21-19-32(41)42/h7-18,24,27H,2-6,19,21-23H2,1H3,(H,37,43)(H,38,39)(H,41,42). The van der Waals surface area contributed by atoms with E-state index in [0.29, 0.717) is 29.0 Å². The molecule has 1 fully saturated rings. The number of hydrogen-bond acceptors (Lipinski definition) is 4. The van der Waals surface area contributed by atoms with E-state index >= 15 is 0 Å². The van der Waals surface area contributed by atoms with Crippen LogP contribution in [0.2, 0.25) is 5.02 Å². The van der Waals surface area contributed by atoms with Crippen LogP contribution in [0.1, 0.15) is 84.5 Å². The second kappa shape index (κ2) is 15.8. The molecule has 0 heterocycles. The van der Waals surface area contributed by atoms with Crippen molar-refractivity contribution >= 4 is 35.1 Å². The number of nitrogens with one attached hydrogen (secondary N) is 2. The molecule has 0 spiro atoms. The summed E-state index contributed by atoms with van der Waals surface area (Å²) in [5, 5.41) is 25.0. The maximum Gasteiger partial charge on any atom is 0.305 e. The van der Waals surface area contributed by atoms with Gasteiger partial charge in [-0.1, -0.05) is 67.3 Å². The van der Waals surface area contributed by atoms with Crippen molar-refractivity contribution in [3.05, 3.63) is 100 Å². The van der Waals surface area contributed by atoms with Gasteiger partial charge >= 0.3 is 5.97 Å². The number of aliphatic imine (C=N–C) groups is 1. The van der Waals surface area contributed by atoms with Crippen molar-refractivity contribution < 1.29 is 14.7 Å². The summed E-state index contributed by atoms with van der Waals surface area (Å²) in [6, 6.07) is 25.5. The zero-order valence-corrected chi connectivity index (χ0v) is 25.2. The lowest BCUT2D eigenvalue weighted by Gasteiger charge is -2.30. The lowest BCUT2D eigenvalue weighted by molar-refractivity contribution is -0.136. The summed E-state index contributed by atoms with van der Waals surface area (Å²) >= 11 is 6.11. The van der Waals surface area contributed by atoms with Crippen LogP contribution in [0.5, 0.6) is 0 Å². The Balaban J connectivity index is 1.60. The Hall–Kier alpha value is -4.35. The number of carboxylic acids is 1. The second-order valence-electron chi connectivity index (χ2n) is 10.8. The number of aliphatic carboxylic acids is 1. The fraction of sp³-hybridized carbons (Fsp3) is 0.353. The summed E-state index contributed by atoms with van der Waals surface area (Å²) in [5.41, 5.74) is 4.69. The summed E-state index contributed by atoms with van der Waals surface area (Å²) in [5.74, 6) is -0.141. The van der Waals surface area contributed by atoms with E-state index in [1.165, 1.54) is 37.7 Å². The SMILES string of the molecule is CC(NC(=NCC#N)N(Cc1ccc(C(=O)NCCC(=O)O)cc1)c1ccc(C2CCCCC2)cc1)c1ccc(Cl)cc1. The minimum Gasteiger partial charge on any atom is -0.481 e. The minimum atomic E-state index is -0.963. The van der Waals surface area contributed by atoms with Crippen molar-refractivity contribution in [2.75, 3.05) is 18.0 Å². The summed E-state index contributed by atoms with van der Waals surface area (Å²) in [6.45, 7) is 2.53. The van der Waals surface area contributed by atoms with Gasteiger partial charge in [0, 0.05) is 22.8 Å². The van der Waals surface area contributed by atoms with Gasteiger partial charge in [-0.25, -0.2) is 4.99 Å². The number of amides is 1. The summed E-state index contributed by atoms with van der Waals surface area (Å²) in [4.78, 5) is 29.9. The molecule has 9 heteroatoms. The molecule has 3 N–H and O–H groups in total. The average molecular weight is 600 g/mol. The van der Waals surface area contributed by atoms with Gasteiger partial charge in [0.05, 0.1) is 25.1 Å². The number of rotatable bonds is 11. The zero-order chi connectivity index (χ0) is 30.6. The van der Waals surface area contributed by atoms with Crippen LogP contribution in [0, 0.1) is 11.3 Å². The molecular formula is C34H38ClN5O3. The van der Waals surface area contributed by atoms with Gasteiger partial charge in [0.2, 0.25) is 0 Å². The topological polar surface area (TPSA) is 118 Å². The van der Waals surface area contributed by atoms with E-state index in [-0.39, 0.29) is 31.5 Å². The molecule has 0 saturated heterocycles. The average Bonchev–Trinajstić information content (AvgIpc) is 3.03. The molecule has 1 aliphatic rings. The van der Waals surface area contributed by atoms with Crippen molar-refractivity contribution in [3.63, 3.8) is 0 Å². The third-order valence-electron chi connectivity index (χ3n) is 7.73. The van der Waals surface area contributed by atoms with Gasteiger partial charge in [-0.2, -0.15) is 5.26 Å². The molecule has 1 saturated carbocycles. The summed E-state index contributed by atoms with van der Waals surface area (Å²) < 4.78 is 0. The normalized spacial score (nSPS) is 14.4. The van der Waals surface area contributed by atoms with Crippen LogP contribution in [-0.2, 0) is 11.3 Å². The van der Waals surface area contributed by atoms with Gasteiger partial charge in [0.25, 0.3) is 5.91 Å². The predicted molar refractivity (Wildman–Crippen MR) is 170 cm³/mol. The van der Waals surface area contributed by atoms with Crippen LogP contribution in [0.4, 0.5) is 5.69 Å². The molecule has 0 bridgehead atoms. The van der Waals surface area contributed by atoms with Crippen molar-refractivity contribution in [1.82, 2.24) is 10.6 Å². The lowest BCUT2D eigenvalue weighted by Crippen LogP contribution is -2.42. The fourth-order valence-corrected chi connectivity index (χ4v) is 5.45. The van der Waals surface area contributed by atoms with Crippen LogP contribution in [0.3, 0.4) is 0 Å². The van der Waals surface area contributed by atoms with Gasteiger partial charge in [0.1, 0.15) is 6.54 Å². The van der Waals surface area contributed by atoms with E-state index in [1.54, 1.807) is 12.1 Å². The predicted octanol–water partition coefficient (Wildman–Crippen LogP) is 6.83. The van der Waals surface area contributed by atoms with Crippen molar-refractivity contribution in [2.45, 2.75) is 64.0 Å². The molecule has 1 atom stereocenters. The van der Waals surface area contributed by atoms with Crippen molar-refractivity contribution in [3.8, 4) is 6.07 Å². The molecule has 8 nitrogen and oxygen atoms in total. The largest absolute Gasteiger partial charge is 0.481 e. The number of carbonyl (C=O) groups excluding carboxylic acids is 1. The molecule has 4 rings (SSSR count). The molecule has 1 unspecified atom stereocenters. The van der Waals surface area contributed by atoms with Crippen LogP contribution in [0.25, 0.3) is 0 Å². The van der Waals surface area contributed by atoms with Gasteiger partial charge in [-0.15, -0.1) is 0 Å². The number of carboxylic acid groups (broad SMARTS) is 1. The van der Waals surface area contributed by atoms with Gasteiger partial charge < -0.3 is 20.6 Å². The second-order valence-corrected chi connectivity index (χ2v) is 11.3. The Labute approximate surface area is 258 Å². The Morgan fingerprint density at radius 1 is 1.02 bits per heavy atom. The third kappa shape index (κ3) is 9.32. The quantitative estimate of drug-likeness (QED) is 0.126. The van der Waals surface area contributed by atoms with Crippen molar-refractivity contribution in [2.24, 2.45) is 4.99 Å². The molecule has 3 aromatic rings. The number of guanidine groups is 1. The van der Waals surface area contributed by atoms with E-state index in [1.807, 2.05) is 43.3 Å². The molecule has 0 aliphatic heterocycles. The molecule has 1 amide bonds. The number of hydrogen-bond donors (Lipinski definition) is 3. The number of anilines is 1. The van der Waals surface area contributed by atoms with Crippen LogP contribution in [0.15, 0.2) is 77.8 Å². The van der Waals surface area contributed by atoms with Gasteiger partial charge in [0.15, 0.2) is 5.96 Å². The molecule has 0 radical (unpaired) electrons. The maximum absolute atomic E-state index is 12.5. The lowest BCUT2D eigenvalue weighted by atomic mass is 9.84.